The Morgan fingerprint density at radius 3 is 2.47 bits per heavy atom. The van der Waals surface area contributed by atoms with E-state index in [-0.39, 0.29) is 37.3 Å². The molecule has 1 atom stereocenters. The maximum Gasteiger partial charge on any atom is 0.310 e. The fraction of sp³-hybridized carbons (Fsp3) is 0.440. The maximum atomic E-state index is 11.9. The molecule has 2 aliphatic rings. The van der Waals surface area contributed by atoms with Crippen LogP contribution in [0.4, 0.5) is 11.4 Å². The number of anilines is 2. The van der Waals surface area contributed by atoms with Crippen molar-refractivity contribution in [2.75, 3.05) is 49.5 Å². The van der Waals surface area contributed by atoms with Gasteiger partial charge < -0.3 is 24.8 Å². The summed E-state index contributed by atoms with van der Waals surface area (Å²) in [5, 5.41) is 13.4. The normalized spacial score (nSPS) is 16.6. The average Bonchev–Trinajstić information content (AvgIpc) is 2.84. The molecule has 2 heterocycles. The number of β-amino-alcohol motifs (C(OH)–C–C–N with tert-alkyl or cyclic N) is 1. The highest BCUT2D eigenvalue weighted by Crippen LogP contribution is 2.39. The van der Waals surface area contributed by atoms with Crippen molar-refractivity contribution >= 4 is 35.7 Å². The summed E-state index contributed by atoms with van der Waals surface area (Å²) in [5.74, 6) is 0.430. The van der Waals surface area contributed by atoms with Crippen LogP contribution in [0.2, 0.25) is 0 Å². The SMILES string of the molecule is CCC(=O)Oc1ccc(OCC(O)CN2CCN(c3ccccc3)CC2)c2c1NC(=O)CC2.Cl. The van der Waals surface area contributed by atoms with Gasteiger partial charge in [-0.2, -0.15) is 0 Å². The van der Waals surface area contributed by atoms with Gasteiger partial charge in [0, 0.05) is 56.8 Å². The van der Waals surface area contributed by atoms with Crippen LogP contribution in [0.3, 0.4) is 0 Å². The summed E-state index contributed by atoms with van der Waals surface area (Å²) in [6, 6.07) is 13.7. The number of halogens is 1. The van der Waals surface area contributed by atoms with Gasteiger partial charge in [0.05, 0.1) is 5.69 Å². The van der Waals surface area contributed by atoms with E-state index in [2.05, 4.69) is 27.2 Å². The minimum absolute atomic E-state index is 0. The number of carbonyl (C=O) groups excluding carboxylic acids is 2. The molecule has 0 aromatic heterocycles. The number of para-hydroxylation sites is 1. The quantitative estimate of drug-likeness (QED) is 0.435. The zero-order chi connectivity index (χ0) is 23.2. The van der Waals surface area contributed by atoms with Crippen molar-refractivity contribution in [3.05, 3.63) is 48.0 Å². The summed E-state index contributed by atoms with van der Waals surface area (Å²) in [4.78, 5) is 28.2. The number of amides is 1. The van der Waals surface area contributed by atoms with Gasteiger partial charge in [-0.05, 0) is 30.7 Å². The Morgan fingerprint density at radius 1 is 1.06 bits per heavy atom. The van der Waals surface area contributed by atoms with Crippen LogP contribution in [0.5, 0.6) is 11.5 Å². The first kappa shape index (κ1) is 25.8. The topological polar surface area (TPSA) is 91.3 Å². The molecule has 0 radical (unpaired) electrons. The van der Waals surface area contributed by atoms with Gasteiger partial charge in [-0.25, -0.2) is 0 Å². The molecule has 1 fully saturated rings. The first-order chi connectivity index (χ1) is 16.0. The highest BCUT2D eigenvalue weighted by molar-refractivity contribution is 5.97. The van der Waals surface area contributed by atoms with Gasteiger partial charge in [0.1, 0.15) is 18.5 Å². The lowest BCUT2D eigenvalue weighted by Crippen LogP contribution is -2.49. The minimum Gasteiger partial charge on any atom is -0.490 e. The first-order valence-electron chi connectivity index (χ1n) is 11.5. The monoisotopic (exact) mass is 489 g/mol. The number of ether oxygens (including phenoxy) is 2. The molecule has 0 bridgehead atoms. The standard InChI is InChI=1S/C25H31N3O5.ClH/c1-2-24(31)33-22-10-9-21(20-8-11-23(30)26-25(20)22)32-17-19(29)16-27-12-14-28(15-13-27)18-6-4-3-5-7-18;/h3-7,9-10,19,29H,2,8,11-17H2,1H3,(H,26,30);1H. The predicted octanol–water partition coefficient (Wildman–Crippen LogP) is 2.87. The Morgan fingerprint density at radius 2 is 1.76 bits per heavy atom. The number of aliphatic hydroxyl groups is 1. The molecule has 8 nitrogen and oxygen atoms in total. The summed E-state index contributed by atoms with van der Waals surface area (Å²) in [7, 11) is 0. The molecule has 2 N–H and O–H groups in total. The molecular formula is C25H32ClN3O5. The van der Waals surface area contributed by atoms with Gasteiger partial charge in [-0.3, -0.25) is 14.5 Å². The molecule has 9 heteroatoms. The Hall–Kier alpha value is -2.81. The third-order valence-electron chi connectivity index (χ3n) is 6.00. The van der Waals surface area contributed by atoms with Crippen molar-refractivity contribution < 1.29 is 24.2 Å². The van der Waals surface area contributed by atoms with Crippen LogP contribution in [0, 0.1) is 0 Å². The minimum atomic E-state index is -0.639. The largest absolute Gasteiger partial charge is 0.490 e. The lowest BCUT2D eigenvalue weighted by atomic mass is 10.0. The van der Waals surface area contributed by atoms with E-state index in [9.17, 15) is 14.7 Å². The van der Waals surface area contributed by atoms with E-state index >= 15 is 0 Å². The molecule has 1 unspecified atom stereocenters. The third kappa shape index (κ3) is 6.40. The van der Waals surface area contributed by atoms with Gasteiger partial charge >= 0.3 is 5.97 Å². The molecule has 0 saturated carbocycles. The summed E-state index contributed by atoms with van der Waals surface area (Å²) in [5.41, 5.74) is 2.50. The van der Waals surface area contributed by atoms with Crippen LogP contribution in [0.25, 0.3) is 0 Å². The number of esters is 1. The predicted molar refractivity (Wildman–Crippen MR) is 133 cm³/mol. The Balaban J connectivity index is 0.00000324. The Labute approximate surface area is 206 Å². The number of nitrogens with one attached hydrogen (secondary N) is 1. The van der Waals surface area contributed by atoms with Crippen molar-refractivity contribution in [1.82, 2.24) is 4.90 Å². The summed E-state index contributed by atoms with van der Waals surface area (Å²) in [6.45, 7) is 6.00. The van der Waals surface area contributed by atoms with Crippen molar-refractivity contribution in [1.29, 1.82) is 0 Å². The van der Waals surface area contributed by atoms with Crippen LogP contribution < -0.4 is 19.7 Å². The summed E-state index contributed by atoms with van der Waals surface area (Å²) in [6.07, 6.45) is 0.431. The van der Waals surface area contributed by atoms with Crippen LogP contribution in [-0.2, 0) is 16.0 Å². The Bertz CT molecular complexity index is 980. The average molecular weight is 490 g/mol. The fourth-order valence-electron chi connectivity index (χ4n) is 4.21. The van der Waals surface area contributed by atoms with Gasteiger partial charge in [0.15, 0.2) is 5.75 Å². The molecule has 2 aromatic rings. The lowest BCUT2D eigenvalue weighted by molar-refractivity contribution is -0.134. The third-order valence-corrected chi connectivity index (χ3v) is 6.00. The van der Waals surface area contributed by atoms with E-state index in [4.69, 9.17) is 9.47 Å². The molecular weight excluding hydrogens is 458 g/mol. The number of rotatable bonds is 8. The van der Waals surface area contributed by atoms with Crippen molar-refractivity contribution in [3.63, 3.8) is 0 Å². The number of aliphatic hydroxyl groups excluding tert-OH is 1. The number of nitrogens with zero attached hydrogens (tertiary/aromatic N) is 2. The van der Waals surface area contributed by atoms with E-state index in [0.29, 0.717) is 36.6 Å². The number of benzene rings is 2. The fourth-order valence-corrected chi connectivity index (χ4v) is 4.21. The molecule has 34 heavy (non-hydrogen) atoms. The smallest absolute Gasteiger partial charge is 0.310 e. The highest BCUT2D eigenvalue weighted by atomic mass is 35.5. The number of carbonyl (C=O) groups is 2. The summed E-state index contributed by atoms with van der Waals surface area (Å²) >= 11 is 0. The molecule has 184 valence electrons. The second kappa shape index (κ2) is 12.1. The van der Waals surface area contributed by atoms with Crippen LogP contribution in [-0.4, -0.2) is 67.3 Å². The van der Waals surface area contributed by atoms with Gasteiger partial charge in [0.25, 0.3) is 0 Å². The number of hydrogen-bond donors (Lipinski definition) is 2. The van der Waals surface area contributed by atoms with E-state index in [1.165, 1.54) is 5.69 Å². The van der Waals surface area contributed by atoms with E-state index < -0.39 is 6.10 Å². The number of piperazine rings is 1. The first-order valence-corrected chi connectivity index (χ1v) is 11.5. The molecule has 0 aliphatic carbocycles. The van der Waals surface area contributed by atoms with Crippen LogP contribution >= 0.6 is 12.4 Å². The maximum absolute atomic E-state index is 11.9. The van der Waals surface area contributed by atoms with Crippen molar-refractivity contribution in [2.24, 2.45) is 0 Å². The van der Waals surface area contributed by atoms with Crippen molar-refractivity contribution in [3.8, 4) is 11.5 Å². The van der Waals surface area contributed by atoms with Crippen LogP contribution in [0.15, 0.2) is 42.5 Å². The van der Waals surface area contributed by atoms with Gasteiger partial charge in [0.2, 0.25) is 5.91 Å². The molecule has 2 aromatic carbocycles. The zero-order valence-electron chi connectivity index (χ0n) is 19.4. The number of fused-ring (bicyclic) bond motifs is 1. The molecule has 2 aliphatic heterocycles. The second-order valence-corrected chi connectivity index (χ2v) is 8.38. The van der Waals surface area contributed by atoms with Gasteiger partial charge in [-0.1, -0.05) is 25.1 Å². The highest BCUT2D eigenvalue weighted by Gasteiger charge is 2.25. The van der Waals surface area contributed by atoms with Crippen LogP contribution in [0.1, 0.15) is 25.3 Å². The zero-order valence-corrected chi connectivity index (χ0v) is 20.2. The second-order valence-electron chi connectivity index (χ2n) is 8.38. The molecule has 1 amide bonds. The molecule has 0 spiro atoms. The Kier molecular flexibility index (Phi) is 9.15. The van der Waals surface area contributed by atoms with E-state index in [1.807, 2.05) is 18.2 Å². The summed E-state index contributed by atoms with van der Waals surface area (Å²) < 4.78 is 11.3. The van der Waals surface area contributed by atoms with E-state index in [1.54, 1.807) is 19.1 Å². The lowest BCUT2D eigenvalue weighted by Gasteiger charge is -2.36. The molecule has 4 rings (SSSR count). The van der Waals surface area contributed by atoms with E-state index in [0.717, 1.165) is 31.7 Å². The number of hydrogen-bond acceptors (Lipinski definition) is 7. The molecule has 1 saturated heterocycles. The van der Waals surface area contributed by atoms with Crippen molar-refractivity contribution in [2.45, 2.75) is 32.3 Å². The van der Waals surface area contributed by atoms with Gasteiger partial charge in [-0.15, -0.1) is 12.4 Å².